The molecule has 0 unspecified atom stereocenters. The van der Waals surface area contributed by atoms with Crippen molar-refractivity contribution >= 4 is 17.8 Å². The number of benzene rings is 2. The number of ketones is 1. The molecule has 2 heterocycles. The van der Waals surface area contributed by atoms with E-state index in [2.05, 4.69) is 0 Å². The molecule has 4 rings (SSSR count). The molecule has 2 aromatic rings. The zero-order valence-corrected chi connectivity index (χ0v) is 14.1. The maximum absolute atomic E-state index is 12.5. The fourth-order valence-corrected chi connectivity index (χ4v) is 2.74. The maximum Gasteiger partial charge on any atom is 0.310 e. The number of ether oxygens (including phenoxy) is 4. The molecule has 6 nitrogen and oxygen atoms in total. The van der Waals surface area contributed by atoms with Crippen LogP contribution in [0.3, 0.4) is 0 Å². The number of hydrogen-bond acceptors (Lipinski definition) is 6. The second-order valence-electron chi connectivity index (χ2n) is 5.83. The second kappa shape index (κ2) is 6.55. The van der Waals surface area contributed by atoms with Crippen molar-refractivity contribution in [2.45, 2.75) is 13.3 Å². The quantitative estimate of drug-likeness (QED) is 0.479. The van der Waals surface area contributed by atoms with E-state index in [1.807, 2.05) is 6.07 Å². The SMILES string of the molecule is CCC(=O)Oc1ccc2c(c1)OC(=Cc1ccc3c(c1)OCCO3)C2=O. The monoisotopic (exact) mass is 352 g/mol. The number of esters is 1. The highest BCUT2D eigenvalue weighted by atomic mass is 16.6. The topological polar surface area (TPSA) is 71.1 Å². The summed E-state index contributed by atoms with van der Waals surface area (Å²) in [5, 5.41) is 0. The third-order valence-electron chi connectivity index (χ3n) is 4.03. The van der Waals surface area contributed by atoms with E-state index < -0.39 is 0 Å². The van der Waals surface area contributed by atoms with Gasteiger partial charge in [0.1, 0.15) is 24.7 Å². The lowest BCUT2D eigenvalue weighted by Crippen LogP contribution is -2.15. The van der Waals surface area contributed by atoms with Crippen LogP contribution in [-0.2, 0) is 4.79 Å². The highest BCUT2D eigenvalue weighted by Gasteiger charge is 2.28. The molecule has 0 bridgehead atoms. The van der Waals surface area contributed by atoms with E-state index in [0.29, 0.717) is 41.8 Å². The van der Waals surface area contributed by atoms with E-state index in [0.717, 1.165) is 5.56 Å². The summed E-state index contributed by atoms with van der Waals surface area (Å²) in [6.45, 7) is 2.73. The van der Waals surface area contributed by atoms with Crippen molar-refractivity contribution in [1.82, 2.24) is 0 Å². The van der Waals surface area contributed by atoms with Gasteiger partial charge in [-0.15, -0.1) is 0 Å². The van der Waals surface area contributed by atoms with E-state index in [4.69, 9.17) is 18.9 Å². The van der Waals surface area contributed by atoms with E-state index in [1.165, 1.54) is 0 Å². The summed E-state index contributed by atoms with van der Waals surface area (Å²) in [5.41, 5.74) is 1.20. The molecule has 0 atom stereocenters. The summed E-state index contributed by atoms with van der Waals surface area (Å²) in [6.07, 6.45) is 1.92. The Kier molecular flexibility index (Phi) is 4.08. The fraction of sp³-hybridized carbons (Fsp3) is 0.200. The predicted molar refractivity (Wildman–Crippen MR) is 92.7 cm³/mol. The molecule has 2 aliphatic rings. The van der Waals surface area contributed by atoms with Gasteiger partial charge in [-0.25, -0.2) is 0 Å². The Morgan fingerprint density at radius 2 is 1.88 bits per heavy atom. The molecule has 0 N–H and O–H groups in total. The highest BCUT2D eigenvalue weighted by Crippen LogP contribution is 2.36. The number of carbonyl (C=O) groups is 2. The summed E-state index contributed by atoms with van der Waals surface area (Å²) >= 11 is 0. The maximum atomic E-state index is 12.5. The lowest BCUT2D eigenvalue weighted by molar-refractivity contribution is -0.134. The van der Waals surface area contributed by atoms with E-state index >= 15 is 0 Å². The molecule has 0 amide bonds. The number of fused-ring (bicyclic) bond motifs is 2. The minimum Gasteiger partial charge on any atom is -0.486 e. The van der Waals surface area contributed by atoms with Gasteiger partial charge in [0.2, 0.25) is 5.78 Å². The van der Waals surface area contributed by atoms with Gasteiger partial charge in [0.25, 0.3) is 0 Å². The molecule has 0 spiro atoms. The largest absolute Gasteiger partial charge is 0.486 e. The zero-order chi connectivity index (χ0) is 18.1. The molecule has 26 heavy (non-hydrogen) atoms. The van der Waals surface area contributed by atoms with Crippen LogP contribution in [0.25, 0.3) is 6.08 Å². The summed E-state index contributed by atoms with van der Waals surface area (Å²) in [6, 6.07) is 10.2. The van der Waals surface area contributed by atoms with Crippen LogP contribution in [0.1, 0.15) is 29.3 Å². The summed E-state index contributed by atoms with van der Waals surface area (Å²) in [7, 11) is 0. The Hall–Kier alpha value is -3.28. The van der Waals surface area contributed by atoms with Crippen LogP contribution >= 0.6 is 0 Å². The van der Waals surface area contributed by atoms with Gasteiger partial charge in [-0.2, -0.15) is 0 Å². The second-order valence-corrected chi connectivity index (χ2v) is 5.83. The molecule has 0 aliphatic carbocycles. The van der Waals surface area contributed by atoms with Crippen LogP contribution in [0.15, 0.2) is 42.2 Å². The lowest BCUT2D eigenvalue weighted by atomic mass is 10.1. The van der Waals surface area contributed by atoms with Gasteiger partial charge >= 0.3 is 5.97 Å². The molecule has 0 saturated carbocycles. The Bertz CT molecular complexity index is 928. The van der Waals surface area contributed by atoms with Crippen molar-refractivity contribution < 1.29 is 28.5 Å². The van der Waals surface area contributed by atoms with Gasteiger partial charge in [-0.3, -0.25) is 9.59 Å². The molecule has 0 fully saturated rings. The number of rotatable bonds is 3. The molecule has 132 valence electrons. The number of carbonyl (C=O) groups excluding carboxylic acids is 2. The molecule has 0 aromatic heterocycles. The van der Waals surface area contributed by atoms with Crippen molar-refractivity contribution in [3.05, 3.63) is 53.3 Å². The Morgan fingerprint density at radius 1 is 1.08 bits per heavy atom. The predicted octanol–water partition coefficient (Wildman–Crippen LogP) is 3.39. The Morgan fingerprint density at radius 3 is 2.69 bits per heavy atom. The van der Waals surface area contributed by atoms with Crippen molar-refractivity contribution in [2.24, 2.45) is 0 Å². The molecular formula is C20H16O6. The first kappa shape index (κ1) is 16.2. The van der Waals surface area contributed by atoms with Crippen LogP contribution in [0.5, 0.6) is 23.0 Å². The van der Waals surface area contributed by atoms with Crippen molar-refractivity contribution in [1.29, 1.82) is 0 Å². The first-order valence-electron chi connectivity index (χ1n) is 8.32. The Labute approximate surface area is 149 Å². The van der Waals surface area contributed by atoms with Crippen LogP contribution in [0.4, 0.5) is 0 Å². The van der Waals surface area contributed by atoms with Gasteiger partial charge < -0.3 is 18.9 Å². The van der Waals surface area contributed by atoms with E-state index in [1.54, 1.807) is 43.3 Å². The first-order valence-corrected chi connectivity index (χ1v) is 8.32. The van der Waals surface area contributed by atoms with Gasteiger partial charge in [-0.1, -0.05) is 13.0 Å². The first-order chi connectivity index (χ1) is 12.6. The normalized spacial score (nSPS) is 16.2. The highest BCUT2D eigenvalue weighted by molar-refractivity contribution is 6.14. The molecule has 2 aromatic carbocycles. The van der Waals surface area contributed by atoms with Crippen molar-refractivity contribution in [3.63, 3.8) is 0 Å². The lowest BCUT2D eigenvalue weighted by Gasteiger charge is -2.18. The number of Topliss-reactive ketones (excluding diaryl/α,β-unsaturated/α-hetero) is 1. The zero-order valence-electron chi connectivity index (χ0n) is 14.1. The minimum absolute atomic E-state index is 0.204. The van der Waals surface area contributed by atoms with Crippen LogP contribution < -0.4 is 18.9 Å². The van der Waals surface area contributed by atoms with Crippen LogP contribution in [-0.4, -0.2) is 25.0 Å². The average molecular weight is 352 g/mol. The third-order valence-corrected chi connectivity index (χ3v) is 4.03. The van der Waals surface area contributed by atoms with Crippen LogP contribution in [0, 0.1) is 0 Å². The van der Waals surface area contributed by atoms with E-state index in [9.17, 15) is 9.59 Å². The molecule has 6 heteroatoms. The van der Waals surface area contributed by atoms with Gasteiger partial charge in [0, 0.05) is 12.5 Å². The molecule has 0 radical (unpaired) electrons. The van der Waals surface area contributed by atoms with E-state index in [-0.39, 0.29) is 23.9 Å². The average Bonchev–Trinajstić information content (AvgIpc) is 2.96. The third kappa shape index (κ3) is 3.01. The smallest absolute Gasteiger partial charge is 0.310 e. The van der Waals surface area contributed by atoms with Gasteiger partial charge in [0.15, 0.2) is 17.3 Å². The van der Waals surface area contributed by atoms with Crippen LogP contribution in [0.2, 0.25) is 0 Å². The molecule has 0 saturated heterocycles. The Balaban J connectivity index is 1.59. The number of allylic oxidation sites excluding steroid dienone is 1. The molecular weight excluding hydrogens is 336 g/mol. The van der Waals surface area contributed by atoms with Gasteiger partial charge in [0.05, 0.1) is 5.56 Å². The summed E-state index contributed by atoms with van der Waals surface area (Å²) in [5.74, 6) is 1.69. The fourth-order valence-electron chi connectivity index (χ4n) is 2.74. The minimum atomic E-state index is -0.346. The summed E-state index contributed by atoms with van der Waals surface area (Å²) < 4.78 is 21.9. The van der Waals surface area contributed by atoms with Crippen molar-refractivity contribution in [3.8, 4) is 23.0 Å². The summed E-state index contributed by atoms with van der Waals surface area (Å²) in [4.78, 5) is 23.9. The van der Waals surface area contributed by atoms with Gasteiger partial charge in [-0.05, 0) is 35.9 Å². The molecule has 2 aliphatic heterocycles. The van der Waals surface area contributed by atoms with Crippen molar-refractivity contribution in [2.75, 3.05) is 13.2 Å². The number of hydrogen-bond donors (Lipinski definition) is 0. The standard InChI is InChI=1S/C20H16O6/c1-2-19(21)25-13-4-5-14-16(11-13)26-18(20(14)22)10-12-3-6-15-17(9-12)24-8-7-23-15/h3-6,9-11H,2,7-8H2,1H3.